The number of rotatable bonds is 4. The zero-order valence-electron chi connectivity index (χ0n) is 6.73. The predicted molar refractivity (Wildman–Crippen MR) is 40.0 cm³/mol. The Morgan fingerprint density at radius 2 is 1.85 bits per heavy atom. The van der Waals surface area contributed by atoms with Crippen LogP contribution in [-0.2, 0) is 18.9 Å². The lowest BCUT2D eigenvalue weighted by molar-refractivity contribution is -0.146. The SMILES string of the molecule is O=C(O)CC1(CC(=O)O)CO[B]O1. The monoisotopic (exact) mass is 187 g/mol. The summed E-state index contributed by atoms with van der Waals surface area (Å²) in [7, 11) is 0.978. The maximum atomic E-state index is 10.4. The molecule has 1 rings (SSSR count). The van der Waals surface area contributed by atoms with Gasteiger partial charge in [-0.3, -0.25) is 9.59 Å². The van der Waals surface area contributed by atoms with Crippen molar-refractivity contribution in [3.05, 3.63) is 0 Å². The van der Waals surface area contributed by atoms with Crippen molar-refractivity contribution in [2.24, 2.45) is 0 Å². The molecular formula is C6H8BO6. The van der Waals surface area contributed by atoms with Crippen molar-refractivity contribution in [3.63, 3.8) is 0 Å². The summed E-state index contributed by atoms with van der Waals surface area (Å²) in [6.45, 7) is -0.0361. The lowest BCUT2D eigenvalue weighted by atomic mass is 9.96. The number of carboxylic acids is 2. The molecule has 2 N–H and O–H groups in total. The van der Waals surface area contributed by atoms with E-state index in [9.17, 15) is 9.59 Å². The fourth-order valence-electron chi connectivity index (χ4n) is 1.16. The van der Waals surface area contributed by atoms with E-state index in [0.29, 0.717) is 0 Å². The van der Waals surface area contributed by atoms with Crippen LogP contribution in [0.15, 0.2) is 0 Å². The van der Waals surface area contributed by atoms with E-state index in [-0.39, 0.29) is 19.4 Å². The fraction of sp³-hybridized carbons (Fsp3) is 0.667. The van der Waals surface area contributed by atoms with Gasteiger partial charge in [0.2, 0.25) is 0 Å². The largest absolute Gasteiger partial charge is 0.488 e. The van der Waals surface area contributed by atoms with Crippen LogP contribution in [-0.4, -0.2) is 42.0 Å². The van der Waals surface area contributed by atoms with E-state index in [0.717, 1.165) is 7.69 Å². The van der Waals surface area contributed by atoms with Crippen LogP contribution in [0.5, 0.6) is 0 Å². The van der Waals surface area contributed by atoms with Crippen LogP contribution in [0.4, 0.5) is 0 Å². The molecule has 0 aliphatic carbocycles. The van der Waals surface area contributed by atoms with Crippen molar-refractivity contribution >= 4 is 19.6 Å². The van der Waals surface area contributed by atoms with Gasteiger partial charge in [0.25, 0.3) is 0 Å². The minimum atomic E-state index is -1.24. The highest BCUT2D eigenvalue weighted by atomic mass is 16.6. The first-order chi connectivity index (χ1) is 6.04. The average Bonchev–Trinajstić information content (AvgIpc) is 2.33. The maximum Gasteiger partial charge on any atom is 0.488 e. The van der Waals surface area contributed by atoms with Crippen LogP contribution in [0, 0.1) is 0 Å². The summed E-state index contributed by atoms with van der Waals surface area (Å²) in [4.78, 5) is 20.8. The molecule has 0 saturated carbocycles. The molecule has 1 radical (unpaired) electrons. The molecule has 0 bridgehead atoms. The van der Waals surface area contributed by atoms with E-state index in [2.05, 4.69) is 4.65 Å². The van der Waals surface area contributed by atoms with Gasteiger partial charge in [0, 0.05) is 0 Å². The van der Waals surface area contributed by atoms with Gasteiger partial charge in [-0.05, 0) is 0 Å². The Balaban J connectivity index is 2.62. The summed E-state index contributed by atoms with van der Waals surface area (Å²) in [5.74, 6) is -2.22. The lowest BCUT2D eigenvalue weighted by Gasteiger charge is -2.23. The second kappa shape index (κ2) is 3.76. The van der Waals surface area contributed by atoms with Crippen molar-refractivity contribution in [1.29, 1.82) is 0 Å². The van der Waals surface area contributed by atoms with E-state index >= 15 is 0 Å². The highest BCUT2D eigenvalue weighted by Crippen LogP contribution is 2.25. The number of carboxylic acid groups (broad SMARTS) is 2. The third-order valence-electron chi connectivity index (χ3n) is 1.66. The Kier molecular flexibility index (Phi) is 2.89. The minimum Gasteiger partial charge on any atom is -0.481 e. The first kappa shape index (κ1) is 10.0. The molecule has 1 saturated heterocycles. The molecule has 13 heavy (non-hydrogen) atoms. The first-order valence-electron chi connectivity index (χ1n) is 3.59. The van der Waals surface area contributed by atoms with Gasteiger partial charge in [0.05, 0.1) is 25.0 Å². The fourth-order valence-corrected chi connectivity index (χ4v) is 1.16. The molecule has 0 unspecified atom stereocenters. The molecule has 0 spiro atoms. The molecule has 1 fully saturated rings. The second-order valence-electron chi connectivity index (χ2n) is 2.85. The van der Waals surface area contributed by atoms with Crippen molar-refractivity contribution < 1.29 is 29.1 Å². The summed E-state index contributed by atoms with van der Waals surface area (Å²) in [6, 6.07) is 0. The molecule has 0 aromatic carbocycles. The predicted octanol–water partition coefficient (Wildman–Crippen LogP) is -0.744. The van der Waals surface area contributed by atoms with Gasteiger partial charge in [-0.15, -0.1) is 0 Å². The van der Waals surface area contributed by atoms with Crippen molar-refractivity contribution in [2.75, 3.05) is 6.61 Å². The first-order valence-corrected chi connectivity index (χ1v) is 3.59. The Morgan fingerprint density at radius 1 is 1.31 bits per heavy atom. The highest BCUT2D eigenvalue weighted by Gasteiger charge is 2.41. The quantitative estimate of drug-likeness (QED) is 0.562. The van der Waals surface area contributed by atoms with Crippen molar-refractivity contribution in [3.8, 4) is 0 Å². The van der Waals surface area contributed by atoms with Crippen LogP contribution in [0.3, 0.4) is 0 Å². The highest BCUT2D eigenvalue weighted by molar-refractivity contribution is 6.19. The molecule has 6 nitrogen and oxygen atoms in total. The van der Waals surface area contributed by atoms with Gasteiger partial charge in [0.15, 0.2) is 0 Å². The van der Waals surface area contributed by atoms with E-state index in [1.807, 2.05) is 0 Å². The van der Waals surface area contributed by atoms with Crippen molar-refractivity contribution in [2.45, 2.75) is 18.4 Å². The Morgan fingerprint density at radius 3 is 2.15 bits per heavy atom. The van der Waals surface area contributed by atoms with E-state index in [1.54, 1.807) is 0 Å². The van der Waals surface area contributed by atoms with Crippen LogP contribution in [0.25, 0.3) is 0 Å². The Hall–Kier alpha value is -1.08. The van der Waals surface area contributed by atoms with Crippen LogP contribution in [0.2, 0.25) is 0 Å². The van der Waals surface area contributed by atoms with Gasteiger partial charge < -0.3 is 19.5 Å². The molecule has 1 heterocycles. The molecule has 7 heteroatoms. The Labute approximate surface area is 74.8 Å². The maximum absolute atomic E-state index is 10.4. The van der Waals surface area contributed by atoms with Crippen LogP contribution < -0.4 is 0 Å². The molecule has 0 atom stereocenters. The van der Waals surface area contributed by atoms with Crippen LogP contribution >= 0.6 is 0 Å². The van der Waals surface area contributed by atoms with E-state index in [1.165, 1.54) is 0 Å². The Bertz CT molecular complexity index is 203. The summed E-state index contributed by atoms with van der Waals surface area (Å²) >= 11 is 0. The number of hydrogen-bond acceptors (Lipinski definition) is 4. The minimum absolute atomic E-state index is 0.0361. The topological polar surface area (TPSA) is 93.1 Å². The average molecular weight is 187 g/mol. The van der Waals surface area contributed by atoms with E-state index in [4.69, 9.17) is 14.9 Å². The van der Waals surface area contributed by atoms with E-state index < -0.39 is 17.5 Å². The molecule has 0 aromatic rings. The smallest absolute Gasteiger partial charge is 0.481 e. The number of aliphatic carboxylic acids is 2. The summed E-state index contributed by atoms with van der Waals surface area (Å²) < 4.78 is 9.54. The number of hydrogen-bond donors (Lipinski definition) is 2. The van der Waals surface area contributed by atoms with Crippen LogP contribution in [0.1, 0.15) is 12.8 Å². The van der Waals surface area contributed by atoms with Gasteiger partial charge in [-0.25, -0.2) is 0 Å². The standard InChI is InChI=1S/C6H8BO6/c8-4(9)1-6(2-5(10)11)3-12-7-13-6/h1-3H2,(H,8,9)(H,10,11). The summed E-state index contributed by atoms with van der Waals surface area (Å²) in [6.07, 6.45) is -0.758. The van der Waals surface area contributed by atoms with Gasteiger partial charge in [-0.1, -0.05) is 0 Å². The third kappa shape index (κ3) is 2.71. The molecule has 0 aromatic heterocycles. The van der Waals surface area contributed by atoms with Crippen molar-refractivity contribution in [1.82, 2.24) is 0 Å². The summed E-state index contributed by atoms with van der Waals surface area (Å²) in [5, 5.41) is 17.0. The molecule has 1 aliphatic heterocycles. The van der Waals surface area contributed by atoms with Gasteiger partial charge in [0.1, 0.15) is 0 Å². The lowest BCUT2D eigenvalue weighted by Crippen LogP contribution is -2.37. The third-order valence-corrected chi connectivity index (χ3v) is 1.66. The summed E-state index contributed by atoms with van der Waals surface area (Å²) in [5.41, 5.74) is -1.24. The molecule has 71 valence electrons. The normalized spacial score (nSPS) is 19.4. The molecule has 1 aliphatic rings. The van der Waals surface area contributed by atoms with Gasteiger partial charge in [-0.2, -0.15) is 0 Å². The zero-order valence-corrected chi connectivity index (χ0v) is 6.73. The van der Waals surface area contributed by atoms with Gasteiger partial charge >= 0.3 is 19.6 Å². The second-order valence-corrected chi connectivity index (χ2v) is 2.85. The molecule has 0 amide bonds. The number of carbonyl (C=O) groups is 2. The molecular weight excluding hydrogens is 179 g/mol. The zero-order chi connectivity index (χ0) is 9.90.